The Labute approximate surface area is 110 Å². The van der Waals surface area contributed by atoms with E-state index in [-0.39, 0.29) is 5.56 Å². The fourth-order valence-corrected chi connectivity index (χ4v) is 2.38. The first-order chi connectivity index (χ1) is 9.00. The summed E-state index contributed by atoms with van der Waals surface area (Å²) in [6.45, 7) is 2.10. The first-order valence-corrected chi connectivity index (χ1v) is 6.30. The van der Waals surface area contributed by atoms with E-state index < -0.39 is 23.7 Å². The van der Waals surface area contributed by atoms with E-state index in [0.717, 1.165) is 18.4 Å². The second-order valence-electron chi connectivity index (χ2n) is 4.83. The molecule has 1 saturated heterocycles. The normalized spacial score (nSPS) is 19.3. The molecule has 1 fully saturated rings. The Kier molecular flexibility index (Phi) is 3.83. The van der Waals surface area contributed by atoms with Gasteiger partial charge in [0.05, 0.1) is 5.56 Å². The molecule has 1 amide bonds. The quantitative estimate of drug-likeness (QED) is 0.892. The number of aliphatic carboxylic acids is 1. The van der Waals surface area contributed by atoms with Crippen LogP contribution in [0.15, 0.2) is 18.2 Å². The van der Waals surface area contributed by atoms with Crippen molar-refractivity contribution in [1.29, 1.82) is 0 Å². The zero-order valence-corrected chi connectivity index (χ0v) is 10.7. The molecule has 1 heterocycles. The second kappa shape index (κ2) is 5.38. The lowest BCUT2D eigenvalue weighted by Gasteiger charge is -2.33. The number of halogens is 1. The van der Waals surface area contributed by atoms with Gasteiger partial charge in [0.25, 0.3) is 5.91 Å². The highest BCUT2D eigenvalue weighted by atomic mass is 19.1. The van der Waals surface area contributed by atoms with Crippen LogP contribution in [-0.4, -0.2) is 34.5 Å². The third-order valence-electron chi connectivity index (χ3n) is 3.40. The zero-order valence-electron chi connectivity index (χ0n) is 10.7. The summed E-state index contributed by atoms with van der Waals surface area (Å²) in [6, 6.07) is 3.51. The van der Waals surface area contributed by atoms with Gasteiger partial charge in [0.2, 0.25) is 0 Å². The van der Waals surface area contributed by atoms with Crippen LogP contribution < -0.4 is 0 Å². The molecule has 1 N–H and O–H groups in total. The van der Waals surface area contributed by atoms with E-state index in [1.54, 1.807) is 13.0 Å². The lowest BCUT2D eigenvalue weighted by Crippen LogP contribution is -2.48. The average Bonchev–Trinajstić information content (AvgIpc) is 2.38. The zero-order chi connectivity index (χ0) is 14.0. The molecule has 0 aliphatic carbocycles. The standard InChI is InChI=1S/C14H16FNO3/c1-9-5-6-10(11(15)8-9)13(17)16-7-3-2-4-12(16)14(18)19/h5-6,8,12H,2-4,7H2,1H3,(H,18,19). The van der Waals surface area contributed by atoms with Gasteiger partial charge >= 0.3 is 5.97 Å². The van der Waals surface area contributed by atoms with Crippen molar-refractivity contribution in [3.63, 3.8) is 0 Å². The molecular weight excluding hydrogens is 249 g/mol. The Hall–Kier alpha value is -1.91. The number of carbonyl (C=O) groups excluding carboxylic acids is 1. The van der Waals surface area contributed by atoms with Gasteiger partial charge in [-0.05, 0) is 43.9 Å². The molecule has 4 nitrogen and oxygen atoms in total. The van der Waals surface area contributed by atoms with Crippen LogP contribution in [0.2, 0.25) is 0 Å². The van der Waals surface area contributed by atoms with Crippen LogP contribution in [0.3, 0.4) is 0 Å². The Bertz CT molecular complexity index is 515. The average molecular weight is 265 g/mol. The van der Waals surface area contributed by atoms with Gasteiger partial charge in [-0.15, -0.1) is 0 Å². The molecule has 0 radical (unpaired) electrons. The van der Waals surface area contributed by atoms with Crippen molar-refractivity contribution >= 4 is 11.9 Å². The number of nitrogens with zero attached hydrogens (tertiary/aromatic N) is 1. The maximum Gasteiger partial charge on any atom is 0.326 e. The molecule has 0 bridgehead atoms. The third-order valence-corrected chi connectivity index (χ3v) is 3.40. The Morgan fingerprint density at radius 1 is 1.37 bits per heavy atom. The minimum atomic E-state index is -1.03. The predicted molar refractivity (Wildman–Crippen MR) is 67.4 cm³/mol. The van der Waals surface area contributed by atoms with Gasteiger partial charge in [-0.2, -0.15) is 0 Å². The van der Waals surface area contributed by atoms with Crippen molar-refractivity contribution in [1.82, 2.24) is 4.90 Å². The summed E-state index contributed by atoms with van der Waals surface area (Å²) in [7, 11) is 0. The summed E-state index contributed by atoms with van der Waals surface area (Å²) < 4.78 is 13.8. The van der Waals surface area contributed by atoms with E-state index in [1.807, 2.05) is 0 Å². The van der Waals surface area contributed by atoms with Crippen LogP contribution in [0.1, 0.15) is 35.2 Å². The number of amides is 1. The molecule has 19 heavy (non-hydrogen) atoms. The van der Waals surface area contributed by atoms with Crippen LogP contribution in [0, 0.1) is 12.7 Å². The van der Waals surface area contributed by atoms with Gasteiger partial charge < -0.3 is 10.0 Å². The van der Waals surface area contributed by atoms with Crippen molar-refractivity contribution < 1.29 is 19.1 Å². The molecule has 102 valence electrons. The second-order valence-corrected chi connectivity index (χ2v) is 4.83. The first-order valence-electron chi connectivity index (χ1n) is 6.30. The SMILES string of the molecule is Cc1ccc(C(=O)N2CCCCC2C(=O)O)c(F)c1. The van der Waals surface area contributed by atoms with Gasteiger partial charge in [0.1, 0.15) is 11.9 Å². The van der Waals surface area contributed by atoms with E-state index in [4.69, 9.17) is 5.11 Å². The maximum atomic E-state index is 13.8. The van der Waals surface area contributed by atoms with E-state index in [1.165, 1.54) is 17.0 Å². The molecular formula is C14H16FNO3. The number of rotatable bonds is 2. The lowest BCUT2D eigenvalue weighted by molar-refractivity contribution is -0.143. The molecule has 1 aromatic carbocycles. The highest BCUT2D eigenvalue weighted by Crippen LogP contribution is 2.21. The van der Waals surface area contributed by atoms with E-state index in [9.17, 15) is 14.0 Å². The molecule has 1 aliphatic rings. The Morgan fingerprint density at radius 3 is 2.74 bits per heavy atom. The fourth-order valence-electron chi connectivity index (χ4n) is 2.38. The fraction of sp³-hybridized carbons (Fsp3) is 0.429. The van der Waals surface area contributed by atoms with Crippen LogP contribution in [0.4, 0.5) is 4.39 Å². The first kappa shape index (κ1) is 13.5. The van der Waals surface area contributed by atoms with Crippen LogP contribution in [0.25, 0.3) is 0 Å². The molecule has 5 heteroatoms. The summed E-state index contributed by atoms with van der Waals surface area (Å²) in [5.41, 5.74) is 0.668. The molecule has 1 aromatic rings. The van der Waals surface area contributed by atoms with E-state index in [0.29, 0.717) is 13.0 Å². The molecule has 0 spiro atoms. The number of carboxylic acids is 1. The Morgan fingerprint density at radius 2 is 2.11 bits per heavy atom. The predicted octanol–water partition coefficient (Wildman–Crippen LogP) is 2.21. The van der Waals surface area contributed by atoms with Gasteiger partial charge in [0.15, 0.2) is 0 Å². The minimum Gasteiger partial charge on any atom is -0.480 e. The number of likely N-dealkylation sites (tertiary alicyclic amines) is 1. The number of hydrogen-bond acceptors (Lipinski definition) is 2. The highest BCUT2D eigenvalue weighted by molar-refractivity contribution is 5.97. The van der Waals surface area contributed by atoms with Crippen molar-refractivity contribution in [2.24, 2.45) is 0 Å². The van der Waals surface area contributed by atoms with Crippen molar-refractivity contribution in [2.75, 3.05) is 6.54 Å². The number of carboxylic acid groups (broad SMARTS) is 1. The molecule has 2 rings (SSSR count). The Balaban J connectivity index is 2.28. The molecule has 1 atom stereocenters. The third kappa shape index (κ3) is 2.75. The number of carbonyl (C=O) groups is 2. The maximum absolute atomic E-state index is 13.8. The number of benzene rings is 1. The van der Waals surface area contributed by atoms with Gasteiger partial charge in [-0.3, -0.25) is 4.79 Å². The largest absolute Gasteiger partial charge is 0.480 e. The number of aryl methyl sites for hydroxylation is 1. The summed E-state index contributed by atoms with van der Waals surface area (Å²) >= 11 is 0. The minimum absolute atomic E-state index is 0.0567. The molecule has 0 aromatic heterocycles. The monoisotopic (exact) mass is 265 g/mol. The van der Waals surface area contributed by atoms with Crippen molar-refractivity contribution in [2.45, 2.75) is 32.2 Å². The lowest BCUT2D eigenvalue weighted by atomic mass is 10.0. The number of piperidine rings is 1. The van der Waals surface area contributed by atoms with E-state index in [2.05, 4.69) is 0 Å². The summed E-state index contributed by atoms with van der Waals surface area (Å²) in [5.74, 6) is -2.16. The number of hydrogen-bond donors (Lipinski definition) is 1. The van der Waals surface area contributed by atoms with Crippen molar-refractivity contribution in [3.8, 4) is 0 Å². The molecule has 1 aliphatic heterocycles. The highest BCUT2D eigenvalue weighted by Gasteiger charge is 2.33. The van der Waals surface area contributed by atoms with Crippen LogP contribution in [0.5, 0.6) is 0 Å². The van der Waals surface area contributed by atoms with E-state index >= 15 is 0 Å². The van der Waals surface area contributed by atoms with Gasteiger partial charge in [-0.25, -0.2) is 9.18 Å². The molecule has 1 unspecified atom stereocenters. The van der Waals surface area contributed by atoms with Gasteiger partial charge in [-0.1, -0.05) is 6.07 Å². The summed E-state index contributed by atoms with van der Waals surface area (Å²) in [4.78, 5) is 24.7. The van der Waals surface area contributed by atoms with Crippen molar-refractivity contribution in [3.05, 3.63) is 35.1 Å². The van der Waals surface area contributed by atoms with Crippen LogP contribution >= 0.6 is 0 Å². The van der Waals surface area contributed by atoms with Gasteiger partial charge in [0, 0.05) is 6.54 Å². The van der Waals surface area contributed by atoms with Crippen LogP contribution in [-0.2, 0) is 4.79 Å². The topological polar surface area (TPSA) is 57.6 Å². The molecule has 0 saturated carbocycles. The smallest absolute Gasteiger partial charge is 0.326 e. The summed E-state index contributed by atoms with van der Waals surface area (Å²) in [5, 5.41) is 9.13. The summed E-state index contributed by atoms with van der Waals surface area (Å²) in [6.07, 6.45) is 1.95.